The molecule has 1 amide bonds. The Hall–Kier alpha value is -2.25. The second kappa shape index (κ2) is 6.47. The maximum Gasteiger partial charge on any atom is 0.269 e. The number of para-hydroxylation sites is 1. The van der Waals surface area contributed by atoms with Gasteiger partial charge in [-0.15, -0.1) is 22.7 Å². The van der Waals surface area contributed by atoms with Crippen molar-refractivity contribution in [3.8, 4) is 17.0 Å². The lowest BCUT2D eigenvalue weighted by Crippen LogP contribution is -2.11. The first-order valence-electron chi connectivity index (χ1n) is 6.93. The highest BCUT2D eigenvalue weighted by Crippen LogP contribution is 2.32. The number of methoxy groups -OCH3 is 1. The zero-order valence-corrected chi connectivity index (χ0v) is 14.5. The predicted molar refractivity (Wildman–Crippen MR) is 93.6 cm³/mol. The molecule has 1 N–H and O–H groups in total. The van der Waals surface area contributed by atoms with Crippen LogP contribution in [0.3, 0.4) is 0 Å². The SMILES string of the molecule is COc1ccccc1-c1csc(NC(=O)c2sc(C)nc2C)n1. The largest absolute Gasteiger partial charge is 0.496 e. The van der Waals surface area contributed by atoms with Crippen molar-refractivity contribution in [2.24, 2.45) is 0 Å². The molecule has 0 bridgehead atoms. The number of anilines is 1. The van der Waals surface area contributed by atoms with E-state index in [0.29, 0.717) is 10.0 Å². The molecule has 0 atom stereocenters. The Labute approximate surface area is 142 Å². The Bertz CT molecular complexity index is 855. The number of thiazole rings is 2. The average Bonchev–Trinajstić information content (AvgIpc) is 3.13. The number of carbonyl (C=O) groups is 1. The minimum absolute atomic E-state index is 0.172. The van der Waals surface area contributed by atoms with Crippen molar-refractivity contribution < 1.29 is 9.53 Å². The van der Waals surface area contributed by atoms with E-state index in [9.17, 15) is 4.79 Å². The van der Waals surface area contributed by atoms with Gasteiger partial charge in [0.1, 0.15) is 10.6 Å². The summed E-state index contributed by atoms with van der Waals surface area (Å²) in [6.07, 6.45) is 0. The molecule has 2 aromatic heterocycles. The Morgan fingerprint density at radius 3 is 2.70 bits per heavy atom. The maximum atomic E-state index is 12.3. The van der Waals surface area contributed by atoms with Gasteiger partial charge >= 0.3 is 0 Å². The van der Waals surface area contributed by atoms with Gasteiger partial charge in [-0.3, -0.25) is 10.1 Å². The average molecular weight is 345 g/mol. The number of rotatable bonds is 4. The summed E-state index contributed by atoms with van der Waals surface area (Å²) >= 11 is 2.77. The number of aromatic nitrogens is 2. The highest BCUT2D eigenvalue weighted by atomic mass is 32.1. The Morgan fingerprint density at radius 1 is 1.22 bits per heavy atom. The number of nitrogens with one attached hydrogen (secondary N) is 1. The van der Waals surface area contributed by atoms with Gasteiger partial charge in [0.2, 0.25) is 0 Å². The van der Waals surface area contributed by atoms with E-state index in [4.69, 9.17) is 4.74 Å². The summed E-state index contributed by atoms with van der Waals surface area (Å²) in [7, 11) is 1.63. The van der Waals surface area contributed by atoms with Crippen molar-refractivity contribution >= 4 is 33.7 Å². The van der Waals surface area contributed by atoms with Crippen LogP contribution in [0.25, 0.3) is 11.3 Å². The molecule has 5 nitrogen and oxygen atoms in total. The van der Waals surface area contributed by atoms with Crippen molar-refractivity contribution in [1.82, 2.24) is 9.97 Å². The van der Waals surface area contributed by atoms with Crippen molar-refractivity contribution in [3.05, 3.63) is 45.2 Å². The second-order valence-corrected chi connectivity index (χ2v) is 6.90. The van der Waals surface area contributed by atoms with Gasteiger partial charge in [0, 0.05) is 10.9 Å². The highest BCUT2D eigenvalue weighted by molar-refractivity contribution is 7.15. The van der Waals surface area contributed by atoms with E-state index in [1.54, 1.807) is 7.11 Å². The van der Waals surface area contributed by atoms with E-state index in [-0.39, 0.29) is 5.91 Å². The number of carbonyl (C=O) groups excluding carboxylic acids is 1. The van der Waals surface area contributed by atoms with Gasteiger partial charge in [-0.25, -0.2) is 9.97 Å². The van der Waals surface area contributed by atoms with Crippen LogP contribution in [0.4, 0.5) is 5.13 Å². The molecule has 0 fully saturated rings. The van der Waals surface area contributed by atoms with Gasteiger partial charge in [-0.2, -0.15) is 0 Å². The first-order valence-corrected chi connectivity index (χ1v) is 8.62. The van der Waals surface area contributed by atoms with Gasteiger partial charge in [-0.1, -0.05) is 12.1 Å². The minimum Gasteiger partial charge on any atom is -0.496 e. The van der Waals surface area contributed by atoms with E-state index < -0.39 is 0 Å². The summed E-state index contributed by atoms with van der Waals surface area (Å²) in [5.74, 6) is 0.582. The second-order valence-electron chi connectivity index (χ2n) is 4.84. The number of hydrogen-bond acceptors (Lipinski definition) is 6. The predicted octanol–water partition coefficient (Wildman–Crippen LogP) is 4.14. The normalized spacial score (nSPS) is 10.6. The fraction of sp³-hybridized carbons (Fsp3) is 0.188. The van der Waals surface area contributed by atoms with Crippen LogP contribution >= 0.6 is 22.7 Å². The van der Waals surface area contributed by atoms with Crippen LogP contribution < -0.4 is 10.1 Å². The number of benzene rings is 1. The minimum atomic E-state index is -0.172. The molecule has 0 aliphatic heterocycles. The van der Waals surface area contributed by atoms with E-state index in [1.807, 2.05) is 43.5 Å². The van der Waals surface area contributed by atoms with Crippen molar-refractivity contribution in [1.29, 1.82) is 0 Å². The fourth-order valence-electron chi connectivity index (χ4n) is 2.21. The summed E-state index contributed by atoms with van der Waals surface area (Å²) in [6, 6.07) is 7.66. The molecule has 0 saturated heterocycles. The van der Waals surface area contributed by atoms with Gasteiger partial charge in [0.05, 0.1) is 23.5 Å². The number of nitrogens with zero attached hydrogens (tertiary/aromatic N) is 2. The molecule has 118 valence electrons. The Balaban J connectivity index is 1.82. The van der Waals surface area contributed by atoms with Crippen molar-refractivity contribution in [3.63, 3.8) is 0 Å². The number of ether oxygens (including phenoxy) is 1. The third-order valence-electron chi connectivity index (χ3n) is 3.22. The highest BCUT2D eigenvalue weighted by Gasteiger charge is 2.16. The zero-order chi connectivity index (χ0) is 16.4. The molecule has 0 spiro atoms. The summed E-state index contributed by atoms with van der Waals surface area (Å²) in [5, 5.41) is 6.17. The summed E-state index contributed by atoms with van der Waals surface area (Å²) in [4.78, 5) is 21.7. The maximum absolute atomic E-state index is 12.3. The van der Waals surface area contributed by atoms with Crippen LogP contribution in [-0.4, -0.2) is 23.0 Å². The van der Waals surface area contributed by atoms with Crippen molar-refractivity contribution in [2.75, 3.05) is 12.4 Å². The zero-order valence-electron chi connectivity index (χ0n) is 12.9. The monoisotopic (exact) mass is 345 g/mol. The molecule has 0 aliphatic rings. The fourth-order valence-corrected chi connectivity index (χ4v) is 3.73. The van der Waals surface area contributed by atoms with E-state index in [1.165, 1.54) is 22.7 Å². The van der Waals surface area contributed by atoms with Crippen LogP contribution in [0.1, 0.15) is 20.4 Å². The molecule has 0 saturated carbocycles. The number of amides is 1. The summed E-state index contributed by atoms with van der Waals surface area (Å²) in [5.41, 5.74) is 2.42. The summed E-state index contributed by atoms with van der Waals surface area (Å²) < 4.78 is 5.35. The molecule has 0 aliphatic carbocycles. The van der Waals surface area contributed by atoms with Crippen LogP contribution in [0.2, 0.25) is 0 Å². The smallest absolute Gasteiger partial charge is 0.269 e. The van der Waals surface area contributed by atoms with Crippen LogP contribution in [-0.2, 0) is 0 Å². The lowest BCUT2D eigenvalue weighted by Gasteiger charge is -2.05. The standard InChI is InChI=1S/C16H15N3O2S2/c1-9-14(23-10(2)17-9)15(20)19-16-18-12(8-22-16)11-6-4-5-7-13(11)21-3/h4-8H,1-3H3,(H,18,19,20). The quantitative estimate of drug-likeness (QED) is 0.772. The van der Waals surface area contributed by atoms with E-state index >= 15 is 0 Å². The van der Waals surface area contributed by atoms with E-state index in [0.717, 1.165) is 27.7 Å². The van der Waals surface area contributed by atoms with Crippen molar-refractivity contribution in [2.45, 2.75) is 13.8 Å². The van der Waals surface area contributed by atoms with Gasteiger partial charge < -0.3 is 4.74 Å². The molecular formula is C16H15N3O2S2. The third-order valence-corrected chi connectivity index (χ3v) is 5.05. The first-order chi connectivity index (χ1) is 11.1. The van der Waals surface area contributed by atoms with Gasteiger partial charge in [0.25, 0.3) is 5.91 Å². The molecule has 0 radical (unpaired) electrons. The molecule has 3 aromatic rings. The lowest BCUT2D eigenvalue weighted by atomic mass is 10.1. The third kappa shape index (κ3) is 3.25. The van der Waals surface area contributed by atoms with Gasteiger partial charge in [0.15, 0.2) is 5.13 Å². The van der Waals surface area contributed by atoms with Crippen LogP contribution in [0.5, 0.6) is 5.75 Å². The molecule has 3 rings (SSSR count). The molecule has 7 heteroatoms. The number of aryl methyl sites for hydroxylation is 2. The lowest BCUT2D eigenvalue weighted by molar-refractivity contribution is 0.103. The topological polar surface area (TPSA) is 64.1 Å². The van der Waals surface area contributed by atoms with Gasteiger partial charge in [-0.05, 0) is 26.0 Å². The molecular weight excluding hydrogens is 330 g/mol. The Kier molecular flexibility index (Phi) is 4.40. The molecule has 2 heterocycles. The molecule has 1 aromatic carbocycles. The van der Waals surface area contributed by atoms with Crippen LogP contribution in [0, 0.1) is 13.8 Å². The molecule has 23 heavy (non-hydrogen) atoms. The molecule has 0 unspecified atom stereocenters. The summed E-state index contributed by atoms with van der Waals surface area (Å²) in [6.45, 7) is 3.72. The first kappa shape index (κ1) is 15.6. The van der Waals surface area contributed by atoms with Crippen LogP contribution in [0.15, 0.2) is 29.6 Å². The number of hydrogen-bond donors (Lipinski definition) is 1. The Morgan fingerprint density at radius 2 is 2.00 bits per heavy atom. The van der Waals surface area contributed by atoms with E-state index in [2.05, 4.69) is 15.3 Å².